The molecule has 1 aromatic carbocycles. The van der Waals surface area contributed by atoms with E-state index in [-0.39, 0.29) is 12.4 Å². The SMILES string of the molecule is Cl.NNc1cc(Br)cc(Br)c1Br. The molecule has 1 rings (SSSR count). The fourth-order valence-electron chi connectivity index (χ4n) is 0.661. The average molecular weight is 381 g/mol. The first kappa shape index (κ1) is 12.7. The predicted molar refractivity (Wildman–Crippen MR) is 64.6 cm³/mol. The van der Waals surface area contributed by atoms with Crippen molar-refractivity contribution in [3.63, 3.8) is 0 Å². The molecule has 0 fully saturated rings. The number of benzene rings is 1. The molecule has 3 N–H and O–H groups in total. The number of rotatable bonds is 1. The molecule has 0 saturated carbocycles. The lowest BCUT2D eigenvalue weighted by Crippen LogP contribution is -2.07. The van der Waals surface area contributed by atoms with Crippen molar-refractivity contribution < 1.29 is 0 Å². The Morgan fingerprint density at radius 3 is 2.25 bits per heavy atom. The molecule has 0 bridgehead atoms. The van der Waals surface area contributed by atoms with Crippen molar-refractivity contribution in [3.05, 3.63) is 25.6 Å². The summed E-state index contributed by atoms with van der Waals surface area (Å²) in [5, 5.41) is 0. The molecule has 0 spiro atoms. The van der Waals surface area contributed by atoms with Crippen LogP contribution in [0.2, 0.25) is 0 Å². The van der Waals surface area contributed by atoms with E-state index in [9.17, 15) is 0 Å². The lowest BCUT2D eigenvalue weighted by Gasteiger charge is -2.05. The lowest BCUT2D eigenvalue weighted by molar-refractivity contribution is 1.33. The smallest absolute Gasteiger partial charge is 0.0650 e. The molecule has 0 aliphatic rings. The third-order valence-electron chi connectivity index (χ3n) is 1.15. The molecule has 0 atom stereocenters. The highest BCUT2D eigenvalue weighted by Gasteiger charge is 2.03. The summed E-state index contributed by atoms with van der Waals surface area (Å²) in [4.78, 5) is 0. The second-order valence-electron chi connectivity index (χ2n) is 1.89. The Morgan fingerprint density at radius 2 is 1.75 bits per heavy atom. The topological polar surface area (TPSA) is 38.0 Å². The molecular weight excluding hydrogens is 375 g/mol. The van der Waals surface area contributed by atoms with Gasteiger partial charge in [0.1, 0.15) is 0 Å². The molecule has 0 aliphatic heterocycles. The zero-order valence-corrected chi connectivity index (χ0v) is 11.3. The summed E-state index contributed by atoms with van der Waals surface area (Å²) in [6, 6.07) is 3.82. The Balaban J connectivity index is 0.00000121. The third-order valence-corrected chi connectivity index (χ3v) is 3.62. The van der Waals surface area contributed by atoms with Gasteiger partial charge in [-0.05, 0) is 44.0 Å². The Kier molecular flexibility index (Phi) is 5.76. The van der Waals surface area contributed by atoms with E-state index in [1.807, 2.05) is 12.1 Å². The van der Waals surface area contributed by atoms with E-state index in [0.29, 0.717) is 0 Å². The second kappa shape index (κ2) is 5.44. The number of anilines is 1. The molecule has 2 nitrogen and oxygen atoms in total. The van der Waals surface area contributed by atoms with Gasteiger partial charge in [-0.3, -0.25) is 5.84 Å². The number of halogens is 4. The van der Waals surface area contributed by atoms with Gasteiger partial charge in [-0.25, -0.2) is 0 Å². The third kappa shape index (κ3) is 2.88. The number of nitrogens with two attached hydrogens (primary N) is 1. The summed E-state index contributed by atoms with van der Waals surface area (Å²) in [5.41, 5.74) is 3.41. The predicted octanol–water partition coefficient (Wildman–Crippen LogP) is 3.68. The Morgan fingerprint density at radius 1 is 1.17 bits per heavy atom. The van der Waals surface area contributed by atoms with Crippen molar-refractivity contribution in [1.29, 1.82) is 0 Å². The van der Waals surface area contributed by atoms with Crippen molar-refractivity contribution in [3.8, 4) is 0 Å². The molecule has 1 aromatic rings. The Bertz CT molecular complexity index is 280. The fraction of sp³-hybridized carbons (Fsp3) is 0. The Labute approximate surface area is 102 Å². The second-order valence-corrected chi connectivity index (χ2v) is 4.46. The van der Waals surface area contributed by atoms with Crippen molar-refractivity contribution in [2.75, 3.05) is 5.43 Å². The number of hydrogen-bond acceptors (Lipinski definition) is 2. The van der Waals surface area contributed by atoms with E-state index >= 15 is 0 Å². The molecule has 0 saturated heterocycles. The summed E-state index contributed by atoms with van der Waals surface area (Å²) in [6.07, 6.45) is 0. The van der Waals surface area contributed by atoms with Crippen LogP contribution in [0.3, 0.4) is 0 Å². The van der Waals surface area contributed by atoms with Gasteiger partial charge >= 0.3 is 0 Å². The summed E-state index contributed by atoms with van der Waals surface area (Å²) in [7, 11) is 0. The minimum atomic E-state index is 0. The first-order valence-electron chi connectivity index (χ1n) is 2.76. The molecule has 0 amide bonds. The Hall–Kier alpha value is 0.710. The van der Waals surface area contributed by atoms with E-state index in [0.717, 1.165) is 19.1 Å². The highest BCUT2D eigenvalue weighted by Crippen LogP contribution is 2.33. The van der Waals surface area contributed by atoms with Gasteiger partial charge in [-0.15, -0.1) is 12.4 Å². The molecule has 0 radical (unpaired) electrons. The van der Waals surface area contributed by atoms with Crippen LogP contribution in [0.4, 0.5) is 5.69 Å². The van der Waals surface area contributed by atoms with Gasteiger partial charge in [0.15, 0.2) is 0 Å². The summed E-state index contributed by atoms with van der Waals surface area (Å²) in [5.74, 6) is 5.27. The molecule has 0 aliphatic carbocycles. The first-order chi connectivity index (χ1) is 5.15. The molecule has 0 aromatic heterocycles. The molecule has 0 unspecified atom stereocenters. The van der Waals surface area contributed by atoms with Crippen molar-refractivity contribution in [1.82, 2.24) is 0 Å². The first-order valence-corrected chi connectivity index (χ1v) is 5.14. The molecule has 12 heavy (non-hydrogen) atoms. The van der Waals surface area contributed by atoms with Crippen LogP contribution in [-0.4, -0.2) is 0 Å². The van der Waals surface area contributed by atoms with Crippen molar-refractivity contribution in [2.45, 2.75) is 0 Å². The van der Waals surface area contributed by atoms with Gasteiger partial charge in [0, 0.05) is 8.95 Å². The van der Waals surface area contributed by atoms with Gasteiger partial charge < -0.3 is 5.43 Å². The summed E-state index contributed by atoms with van der Waals surface area (Å²) >= 11 is 10.1. The van der Waals surface area contributed by atoms with Crippen LogP contribution in [0.25, 0.3) is 0 Å². The largest absolute Gasteiger partial charge is 0.323 e. The highest BCUT2D eigenvalue weighted by atomic mass is 79.9. The van der Waals surface area contributed by atoms with E-state index in [1.165, 1.54) is 0 Å². The zero-order chi connectivity index (χ0) is 8.43. The molecule has 68 valence electrons. The van der Waals surface area contributed by atoms with Gasteiger partial charge in [0.25, 0.3) is 0 Å². The molecule has 6 heteroatoms. The van der Waals surface area contributed by atoms with E-state index in [1.54, 1.807) is 0 Å². The number of nitrogens with one attached hydrogen (secondary N) is 1. The van der Waals surface area contributed by atoms with E-state index < -0.39 is 0 Å². The summed E-state index contributed by atoms with van der Waals surface area (Å²) < 4.78 is 2.85. The average Bonchev–Trinajstić information content (AvgIpc) is 1.96. The van der Waals surface area contributed by atoms with Crippen molar-refractivity contribution in [2.24, 2.45) is 5.84 Å². The molecule has 0 heterocycles. The van der Waals surface area contributed by atoms with E-state index in [2.05, 4.69) is 53.2 Å². The van der Waals surface area contributed by atoms with Gasteiger partial charge in [0.2, 0.25) is 0 Å². The standard InChI is InChI=1S/C6H5Br3N2.ClH/c7-3-1-4(8)6(9)5(2-3)11-10;/h1-2,11H,10H2;1H. The van der Waals surface area contributed by atoms with Crippen LogP contribution in [-0.2, 0) is 0 Å². The van der Waals surface area contributed by atoms with Crippen molar-refractivity contribution >= 4 is 65.9 Å². The van der Waals surface area contributed by atoms with E-state index in [4.69, 9.17) is 5.84 Å². The maximum absolute atomic E-state index is 5.27. The monoisotopic (exact) mass is 378 g/mol. The lowest BCUT2D eigenvalue weighted by atomic mass is 10.3. The number of nitrogen functional groups attached to an aromatic ring is 1. The number of hydrogen-bond donors (Lipinski definition) is 2. The minimum absolute atomic E-state index is 0. The van der Waals surface area contributed by atoms with Crippen LogP contribution >= 0.6 is 60.2 Å². The van der Waals surface area contributed by atoms with Crippen LogP contribution in [0, 0.1) is 0 Å². The highest BCUT2D eigenvalue weighted by molar-refractivity contribution is 9.13. The number of hydrazine groups is 1. The van der Waals surface area contributed by atoms with Gasteiger partial charge in [-0.1, -0.05) is 15.9 Å². The fourth-order valence-corrected chi connectivity index (χ4v) is 2.23. The van der Waals surface area contributed by atoms with Crippen LogP contribution in [0.5, 0.6) is 0 Å². The van der Waals surface area contributed by atoms with Crippen LogP contribution in [0.1, 0.15) is 0 Å². The quantitative estimate of drug-likeness (QED) is 0.443. The maximum atomic E-state index is 5.27. The van der Waals surface area contributed by atoms with Gasteiger partial charge in [-0.2, -0.15) is 0 Å². The maximum Gasteiger partial charge on any atom is 0.0650 e. The van der Waals surface area contributed by atoms with Crippen LogP contribution < -0.4 is 11.3 Å². The molecular formula is C6H6Br3ClN2. The van der Waals surface area contributed by atoms with Crippen LogP contribution in [0.15, 0.2) is 25.6 Å². The summed E-state index contributed by atoms with van der Waals surface area (Å²) in [6.45, 7) is 0. The minimum Gasteiger partial charge on any atom is -0.323 e. The normalized spacial score (nSPS) is 9.00. The zero-order valence-electron chi connectivity index (χ0n) is 5.77. The van der Waals surface area contributed by atoms with Gasteiger partial charge in [0.05, 0.1) is 10.2 Å².